The highest BCUT2D eigenvalue weighted by atomic mass is 16.4. The summed E-state index contributed by atoms with van der Waals surface area (Å²) in [4.78, 5) is 38.1. The molecule has 0 saturated heterocycles. The lowest BCUT2D eigenvalue weighted by Gasteiger charge is -2.20. The molecule has 2 rings (SSSR count). The third-order valence-electron chi connectivity index (χ3n) is 4.59. The lowest BCUT2D eigenvalue weighted by molar-refractivity contribution is -0.140. The molecular formula is C21H24N2O4. The van der Waals surface area contributed by atoms with Crippen molar-refractivity contribution in [1.29, 1.82) is 0 Å². The first-order valence-electron chi connectivity index (χ1n) is 8.82. The SMILES string of the molecule is CC[C@H](C)[C@H](NC(=O)c1cccc(C(=O)N(C)c2ccccc2)c1)C(=O)O. The lowest BCUT2D eigenvalue weighted by atomic mass is 9.98. The Balaban J connectivity index is 2.20. The van der Waals surface area contributed by atoms with E-state index in [0.29, 0.717) is 12.0 Å². The van der Waals surface area contributed by atoms with Crippen LogP contribution in [0.15, 0.2) is 54.6 Å². The number of anilines is 1. The van der Waals surface area contributed by atoms with Crippen LogP contribution in [0.2, 0.25) is 0 Å². The first-order chi connectivity index (χ1) is 12.8. The molecule has 2 aromatic rings. The average Bonchev–Trinajstić information content (AvgIpc) is 2.70. The highest BCUT2D eigenvalue weighted by Gasteiger charge is 2.26. The Morgan fingerprint density at radius 1 is 1.04 bits per heavy atom. The first kappa shape index (κ1) is 20.2. The van der Waals surface area contributed by atoms with Crippen LogP contribution in [-0.2, 0) is 4.79 Å². The second-order valence-corrected chi connectivity index (χ2v) is 6.46. The highest BCUT2D eigenvalue weighted by Crippen LogP contribution is 2.16. The molecule has 6 heteroatoms. The highest BCUT2D eigenvalue weighted by molar-refractivity contribution is 6.07. The number of carboxylic acid groups (broad SMARTS) is 1. The molecule has 0 fully saturated rings. The van der Waals surface area contributed by atoms with Crippen molar-refractivity contribution in [3.05, 3.63) is 65.7 Å². The normalized spacial score (nSPS) is 12.7. The Morgan fingerprint density at radius 2 is 1.67 bits per heavy atom. The number of hydrogen-bond acceptors (Lipinski definition) is 3. The molecule has 0 spiro atoms. The van der Waals surface area contributed by atoms with E-state index in [-0.39, 0.29) is 17.4 Å². The summed E-state index contributed by atoms with van der Waals surface area (Å²) in [6.07, 6.45) is 0.623. The largest absolute Gasteiger partial charge is 0.480 e. The van der Waals surface area contributed by atoms with E-state index in [2.05, 4.69) is 5.32 Å². The molecule has 27 heavy (non-hydrogen) atoms. The fourth-order valence-electron chi connectivity index (χ4n) is 2.66. The fraction of sp³-hybridized carbons (Fsp3) is 0.286. The number of amides is 2. The van der Waals surface area contributed by atoms with Crippen molar-refractivity contribution in [1.82, 2.24) is 5.32 Å². The van der Waals surface area contributed by atoms with E-state index in [9.17, 15) is 19.5 Å². The molecule has 2 aromatic carbocycles. The monoisotopic (exact) mass is 368 g/mol. The molecule has 0 unspecified atom stereocenters. The number of hydrogen-bond donors (Lipinski definition) is 2. The summed E-state index contributed by atoms with van der Waals surface area (Å²) in [5.74, 6) is -2.05. The number of nitrogens with zero attached hydrogens (tertiary/aromatic N) is 1. The molecule has 2 amide bonds. The van der Waals surface area contributed by atoms with Crippen LogP contribution in [0.4, 0.5) is 5.69 Å². The van der Waals surface area contributed by atoms with Gasteiger partial charge >= 0.3 is 5.97 Å². The van der Waals surface area contributed by atoms with Crippen molar-refractivity contribution in [2.75, 3.05) is 11.9 Å². The number of carbonyl (C=O) groups is 3. The Labute approximate surface area is 158 Å². The number of rotatable bonds is 7. The summed E-state index contributed by atoms with van der Waals surface area (Å²) in [7, 11) is 1.66. The molecule has 2 atom stereocenters. The molecule has 142 valence electrons. The average molecular weight is 368 g/mol. The van der Waals surface area contributed by atoms with Gasteiger partial charge in [-0.1, -0.05) is 44.5 Å². The summed E-state index contributed by atoms with van der Waals surface area (Å²) < 4.78 is 0. The Morgan fingerprint density at radius 3 is 2.26 bits per heavy atom. The summed E-state index contributed by atoms with van der Waals surface area (Å²) in [6.45, 7) is 3.64. The number of para-hydroxylation sites is 1. The van der Waals surface area contributed by atoms with Gasteiger partial charge in [-0.15, -0.1) is 0 Å². The zero-order chi connectivity index (χ0) is 20.0. The van der Waals surface area contributed by atoms with Gasteiger partial charge in [0.25, 0.3) is 11.8 Å². The summed E-state index contributed by atoms with van der Waals surface area (Å²) in [5, 5.41) is 11.9. The van der Waals surface area contributed by atoms with Gasteiger partial charge in [0.15, 0.2) is 0 Å². The van der Waals surface area contributed by atoms with Gasteiger partial charge in [0, 0.05) is 23.9 Å². The van der Waals surface area contributed by atoms with Crippen molar-refractivity contribution in [2.24, 2.45) is 5.92 Å². The topological polar surface area (TPSA) is 86.7 Å². The number of aliphatic carboxylic acids is 1. The molecule has 0 aliphatic heterocycles. The van der Waals surface area contributed by atoms with Crippen molar-refractivity contribution >= 4 is 23.5 Å². The number of nitrogens with one attached hydrogen (secondary N) is 1. The van der Waals surface area contributed by atoms with E-state index < -0.39 is 17.9 Å². The summed E-state index contributed by atoms with van der Waals surface area (Å²) in [5.41, 5.74) is 1.33. The molecule has 0 saturated carbocycles. The minimum atomic E-state index is -1.08. The van der Waals surface area contributed by atoms with E-state index in [1.807, 2.05) is 37.3 Å². The molecule has 0 bridgehead atoms. The van der Waals surface area contributed by atoms with Gasteiger partial charge < -0.3 is 15.3 Å². The van der Waals surface area contributed by atoms with Gasteiger partial charge in [0.1, 0.15) is 6.04 Å². The second-order valence-electron chi connectivity index (χ2n) is 6.46. The number of carbonyl (C=O) groups excluding carboxylic acids is 2. The van der Waals surface area contributed by atoms with Gasteiger partial charge in [-0.25, -0.2) is 4.79 Å². The van der Waals surface area contributed by atoms with Crippen LogP contribution in [0.25, 0.3) is 0 Å². The maximum absolute atomic E-state index is 12.7. The Kier molecular flexibility index (Phi) is 6.71. The third kappa shape index (κ3) is 4.94. The van der Waals surface area contributed by atoms with Crippen molar-refractivity contribution in [2.45, 2.75) is 26.3 Å². The molecule has 0 radical (unpaired) electrons. The molecule has 0 aliphatic carbocycles. The first-order valence-corrected chi connectivity index (χ1v) is 8.82. The summed E-state index contributed by atoms with van der Waals surface area (Å²) >= 11 is 0. The predicted octanol–water partition coefficient (Wildman–Crippen LogP) is 3.19. The van der Waals surface area contributed by atoms with E-state index in [0.717, 1.165) is 5.69 Å². The smallest absolute Gasteiger partial charge is 0.326 e. The molecular weight excluding hydrogens is 344 g/mol. The molecule has 0 aliphatic rings. The van der Waals surface area contributed by atoms with Gasteiger partial charge in [-0.3, -0.25) is 9.59 Å². The zero-order valence-corrected chi connectivity index (χ0v) is 15.7. The van der Waals surface area contributed by atoms with Crippen LogP contribution in [-0.4, -0.2) is 36.0 Å². The van der Waals surface area contributed by atoms with Gasteiger partial charge in [0.2, 0.25) is 0 Å². The van der Waals surface area contributed by atoms with Crippen LogP contribution in [0, 0.1) is 5.92 Å². The minimum Gasteiger partial charge on any atom is -0.480 e. The van der Waals surface area contributed by atoms with Crippen LogP contribution in [0.1, 0.15) is 41.0 Å². The van der Waals surface area contributed by atoms with E-state index in [4.69, 9.17) is 0 Å². The van der Waals surface area contributed by atoms with E-state index in [1.54, 1.807) is 32.2 Å². The maximum Gasteiger partial charge on any atom is 0.326 e. The van der Waals surface area contributed by atoms with Crippen LogP contribution >= 0.6 is 0 Å². The minimum absolute atomic E-state index is 0.208. The van der Waals surface area contributed by atoms with Crippen molar-refractivity contribution in [3.63, 3.8) is 0 Å². The quantitative estimate of drug-likeness (QED) is 0.786. The molecule has 0 heterocycles. The van der Waals surface area contributed by atoms with Crippen LogP contribution < -0.4 is 10.2 Å². The van der Waals surface area contributed by atoms with Gasteiger partial charge in [0.05, 0.1) is 0 Å². The molecule has 2 N–H and O–H groups in total. The summed E-state index contributed by atoms with van der Waals surface area (Å²) in [6, 6.07) is 14.5. The lowest BCUT2D eigenvalue weighted by Crippen LogP contribution is -2.45. The molecule has 0 aromatic heterocycles. The zero-order valence-electron chi connectivity index (χ0n) is 15.7. The number of carboxylic acids is 1. The standard InChI is InChI=1S/C21H24N2O4/c1-4-14(2)18(21(26)27)22-19(24)15-9-8-10-16(13-15)20(25)23(3)17-11-6-5-7-12-17/h5-14,18H,4H2,1-3H3,(H,22,24)(H,26,27)/t14-,18-/m0/s1. The molecule has 6 nitrogen and oxygen atoms in total. The maximum atomic E-state index is 12.7. The van der Waals surface area contributed by atoms with Crippen LogP contribution in [0.3, 0.4) is 0 Å². The number of benzene rings is 2. The van der Waals surface area contributed by atoms with Crippen LogP contribution in [0.5, 0.6) is 0 Å². The Bertz CT molecular complexity index is 820. The van der Waals surface area contributed by atoms with E-state index in [1.165, 1.54) is 11.0 Å². The van der Waals surface area contributed by atoms with E-state index >= 15 is 0 Å². The van der Waals surface area contributed by atoms with Crippen molar-refractivity contribution in [3.8, 4) is 0 Å². The van der Waals surface area contributed by atoms with Crippen molar-refractivity contribution < 1.29 is 19.5 Å². The van der Waals surface area contributed by atoms with Gasteiger partial charge in [-0.05, 0) is 36.2 Å². The Hall–Kier alpha value is -3.15. The predicted molar refractivity (Wildman–Crippen MR) is 104 cm³/mol. The second kappa shape index (κ2) is 8.98. The fourth-order valence-corrected chi connectivity index (χ4v) is 2.66. The van der Waals surface area contributed by atoms with Gasteiger partial charge in [-0.2, -0.15) is 0 Å². The third-order valence-corrected chi connectivity index (χ3v) is 4.59.